The first-order valence-electron chi connectivity index (χ1n) is 7.24. The average molecular weight is 293 g/mol. The van der Waals surface area contributed by atoms with Gasteiger partial charge in [-0.2, -0.15) is 0 Å². The third kappa shape index (κ3) is 5.73. The Balaban J connectivity index is 2.75. The number of rotatable bonds is 8. The van der Waals surface area contributed by atoms with Gasteiger partial charge in [0.15, 0.2) is 0 Å². The summed E-state index contributed by atoms with van der Waals surface area (Å²) in [5.74, 6) is 0.0360. The van der Waals surface area contributed by atoms with E-state index in [1.807, 2.05) is 32.0 Å². The highest BCUT2D eigenvalue weighted by atomic mass is 16.5. The second-order valence-electron chi connectivity index (χ2n) is 5.51. The number of hydrogen-bond acceptors (Lipinski definition) is 4. The Hall–Kier alpha value is -1.59. The number of anilines is 1. The van der Waals surface area contributed by atoms with E-state index in [9.17, 15) is 4.79 Å². The molecule has 0 spiro atoms. The molecule has 1 aromatic carbocycles. The van der Waals surface area contributed by atoms with E-state index in [4.69, 9.17) is 10.5 Å². The van der Waals surface area contributed by atoms with Gasteiger partial charge in [0, 0.05) is 31.5 Å². The summed E-state index contributed by atoms with van der Waals surface area (Å²) in [7, 11) is 5.71. The highest BCUT2D eigenvalue weighted by molar-refractivity contribution is 5.94. The van der Waals surface area contributed by atoms with Crippen LogP contribution in [0, 0.1) is 6.92 Å². The Morgan fingerprint density at radius 1 is 1.24 bits per heavy atom. The lowest BCUT2D eigenvalue weighted by Crippen LogP contribution is -2.36. The molecule has 0 aliphatic heterocycles. The third-order valence-electron chi connectivity index (χ3n) is 3.40. The summed E-state index contributed by atoms with van der Waals surface area (Å²) in [6.07, 6.45) is 0.941. The van der Waals surface area contributed by atoms with E-state index >= 15 is 0 Å². The van der Waals surface area contributed by atoms with Gasteiger partial charge in [0.1, 0.15) is 0 Å². The lowest BCUT2D eigenvalue weighted by atomic mass is 10.1. The van der Waals surface area contributed by atoms with Gasteiger partial charge >= 0.3 is 0 Å². The number of amides is 1. The molecule has 0 bridgehead atoms. The zero-order chi connectivity index (χ0) is 15.8. The van der Waals surface area contributed by atoms with Gasteiger partial charge < -0.3 is 20.3 Å². The lowest BCUT2D eigenvalue weighted by Gasteiger charge is -2.23. The molecule has 5 nitrogen and oxygen atoms in total. The van der Waals surface area contributed by atoms with Crippen LogP contribution in [-0.4, -0.2) is 63.2 Å². The quantitative estimate of drug-likeness (QED) is 0.740. The molecule has 1 aromatic rings. The highest BCUT2D eigenvalue weighted by Gasteiger charge is 2.16. The second kappa shape index (κ2) is 8.64. The largest absolute Gasteiger partial charge is 0.399 e. The van der Waals surface area contributed by atoms with Crippen molar-refractivity contribution in [1.82, 2.24) is 9.80 Å². The van der Waals surface area contributed by atoms with Crippen molar-refractivity contribution in [3.05, 3.63) is 29.3 Å². The molecule has 0 aliphatic carbocycles. The molecule has 0 unspecified atom stereocenters. The maximum absolute atomic E-state index is 12.6. The summed E-state index contributed by atoms with van der Waals surface area (Å²) in [5, 5.41) is 0. The molecule has 0 saturated carbocycles. The van der Waals surface area contributed by atoms with Crippen molar-refractivity contribution in [2.75, 3.05) is 53.2 Å². The van der Waals surface area contributed by atoms with Crippen molar-refractivity contribution >= 4 is 11.6 Å². The monoisotopic (exact) mass is 293 g/mol. The van der Waals surface area contributed by atoms with Gasteiger partial charge in [-0.25, -0.2) is 0 Å². The molecule has 0 atom stereocenters. The van der Waals surface area contributed by atoms with Crippen LogP contribution in [0.4, 0.5) is 5.69 Å². The zero-order valence-corrected chi connectivity index (χ0v) is 13.6. The number of carbonyl (C=O) groups excluding carboxylic acids is 1. The van der Waals surface area contributed by atoms with Gasteiger partial charge in [-0.15, -0.1) is 0 Å². The number of hydrogen-bond donors (Lipinski definition) is 1. The van der Waals surface area contributed by atoms with Crippen LogP contribution in [0.15, 0.2) is 18.2 Å². The fourth-order valence-electron chi connectivity index (χ4n) is 2.09. The molecule has 1 amide bonds. The molecule has 0 aromatic heterocycles. The molecule has 21 heavy (non-hydrogen) atoms. The first-order valence-corrected chi connectivity index (χ1v) is 7.24. The van der Waals surface area contributed by atoms with E-state index in [2.05, 4.69) is 4.90 Å². The SMILES string of the molecule is COCCN(CCCN(C)C)C(=O)c1ccc(N)c(C)c1. The third-order valence-corrected chi connectivity index (χ3v) is 3.40. The van der Waals surface area contributed by atoms with Crippen molar-refractivity contribution in [2.24, 2.45) is 0 Å². The van der Waals surface area contributed by atoms with E-state index in [-0.39, 0.29) is 5.91 Å². The standard InChI is InChI=1S/C16H27N3O2/c1-13-12-14(6-7-15(13)17)16(20)19(10-11-21-4)9-5-8-18(2)3/h6-7,12H,5,8-11,17H2,1-4H3. The fraction of sp³-hybridized carbons (Fsp3) is 0.562. The first kappa shape index (κ1) is 17.5. The second-order valence-corrected chi connectivity index (χ2v) is 5.51. The Kier molecular flexibility index (Phi) is 7.19. The topological polar surface area (TPSA) is 58.8 Å². The molecule has 118 valence electrons. The molecular weight excluding hydrogens is 266 g/mol. The predicted octanol–water partition coefficient (Wildman–Crippen LogP) is 1.62. The fourth-order valence-corrected chi connectivity index (χ4v) is 2.09. The molecule has 1 rings (SSSR count). The van der Waals surface area contributed by atoms with Crippen molar-refractivity contribution in [3.63, 3.8) is 0 Å². The van der Waals surface area contributed by atoms with Crippen LogP contribution in [-0.2, 0) is 4.74 Å². The van der Waals surface area contributed by atoms with E-state index in [1.54, 1.807) is 19.2 Å². The van der Waals surface area contributed by atoms with Crippen LogP contribution in [0.2, 0.25) is 0 Å². The van der Waals surface area contributed by atoms with Crippen LogP contribution in [0.3, 0.4) is 0 Å². The van der Waals surface area contributed by atoms with E-state index in [1.165, 1.54) is 0 Å². The number of benzene rings is 1. The van der Waals surface area contributed by atoms with Crippen LogP contribution < -0.4 is 5.73 Å². The van der Waals surface area contributed by atoms with E-state index < -0.39 is 0 Å². The van der Waals surface area contributed by atoms with Crippen LogP contribution in [0.25, 0.3) is 0 Å². The number of carbonyl (C=O) groups is 1. The maximum Gasteiger partial charge on any atom is 0.253 e. The summed E-state index contributed by atoms with van der Waals surface area (Å²) in [5.41, 5.74) is 8.13. The summed E-state index contributed by atoms with van der Waals surface area (Å²) < 4.78 is 5.10. The number of methoxy groups -OCH3 is 1. The minimum absolute atomic E-state index is 0.0360. The smallest absolute Gasteiger partial charge is 0.253 e. The number of ether oxygens (including phenoxy) is 1. The average Bonchev–Trinajstić information content (AvgIpc) is 2.44. The molecule has 0 heterocycles. The van der Waals surface area contributed by atoms with Gasteiger partial charge in [0.05, 0.1) is 6.61 Å². The van der Waals surface area contributed by atoms with Gasteiger partial charge in [-0.1, -0.05) is 0 Å². The molecule has 0 saturated heterocycles. The number of aryl methyl sites for hydroxylation is 1. The van der Waals surface area contributed by atoms with Gasteiger partial charge in [-0.05, 0) is 57.7 Å². The highest BCUT2D eigenvalue weighted by Crippen LogP contribution is 2.14. The van der Waals surface area contributed by atoms with Crippen molar-refractivity contribution < 1.29 is 9.53 Å². The van der Waals surface area contributed by atoms with Crippen molar-refractivity contribution in [1.29, 1.82) is 0 Å². The number of nitrogen functional groups attached to an aromatic ring is 1. The summed E-state index contributed by atoms with van der Waals surface area (Å²) in [6, 6.07) is 5.43. The minimum atomic E-state index is 0.0360. The Labute approximate surface area is 127 Å². The van der Waals surface area contributed by atoms with Crippen LogP contribution in [0.5, 0.6) is 0 Å². The summed E-state index contributed by atoms with van der Waals surface area (Å²) in [6.45, 7) is 4.74. The van der Waals surface area contributed by atoms with Gasteiger partial charge in [0.2, 0.25) is 0 Å². The minimum Gasteiger partial charge on any atom is -0.399 e. The normalized spacial score (nSPS) is 10.9. The number of nitrogens with two attached hydrogens (primary N) is 1. The molecule has 5 heteroatoms. The summed E-state index contributed by atoms with van der Waals surface area (Å²) in [4.78, 5) is 16.6. The zero-order valence-electron chi connectivity index (χ0n) is 13.6. The number of nitrogens with zero attached hydrogens (tertiary/aromatic N) is 2. The van der Waals surface area contributed by atoms with Crippen LogP contribution >= 0.6 is 0 Å². The van der Waals surface area contributed by atoms with Gasteiger partial charge in [0.25, 0.3) is 5.91 Å². The van der Waals surface area contributed by atoms with Gasteiger partial charge in [-0.3, -0.25) is 4.79 Å². The van der Waals surface area contributed by atoms with Crippen LogP contribution in [0.1, 0.15) is 22.3 Å². The Bertz CT molecular complexity index is 461. The lowest BCUT2D eigenvalue weighted by molar-refractivity contribution is 0.0689. The molecule has 0 aliphatic rings. The maximum atomic E-state index is 12.6. The first-order chi connectivity index (χ1) is 9.95. The van der Waals surface area contributed by atoms with Crippen molar-refractivity contribution in [3.8, 4) is 0 Å². The molecule has 0 radical (unpaired) electrons. The Morgan fingerprint density at radius 3 is 2.52 bits per heavy atom. The Morgan fingerprint density at radius 2 is 1.95 bits per heavy atom. The van der Waals surface area contributed by atoms with E-state index in [0.717, 1.165) is 25.1 Å². The molecular formula is C16H27N3O2. The van der Waals surface area contributed by atoms with E-state index in [0.29, 0.717) is 24.4 Å². The summed E-state index contributed by atoms with van der Waals surface area (Å²) >= 11 is 0. The molecule has 0 fully saturated rings. The van der Waals surface area contributed by atoms with Crippen molar-refractivity contribution in [2.45, 2.75) is 13.3 Å². The predicted molar refractivity (Wildman–Crippen MR) is 86.5 cm³/mol. The molecule has 2 N–H and O–H groups in total.